The van der Waals surface area contributed by atoms with Crippen molar-refractivity contribution in [1.82, 2.24) is 0 Å². The van der Waals surface area contributed by atoms with Crippen LogP contribution in [-0.2, 0) is 16.0 Å². The van der Waals surface area contributed by atoms with Crippen LogP contribution in [0.15, 0.2) is 12.1 Å². The topological polar surface area (TPSA) is 69.4 Å². The van der Waals surface area contributed by atoms with Gasteiger partial charge >= 0.3 is 5.97 Å². The lowest BCUT2D eigenvalue weighted by atomic mass is 10.1. The number of benzene rings is 1. The summed E-state index contributed by atoms with van der Waals surface area (Å²) < 4.78 is 7.33. The molecule has 0 N–H and O–H groups in total. The number of hydrogen-bond acceptors (Lipinski definition) is 4. The fraction of sp³-hybridized carbons (Fsp3) is 0.182. The predicted octanol–water partition coefficient (Wildman–Crippen LogP) is 3.38. The molecule has 1 rings (SSSR count). The van der Waals surface area contributed by atoms with Crippen LogP contribution in [0.1, 0.15) is 5.56 Å². The van der Waals surface area contributed by atoms with E-state index in [1.165, 1.54) is 12.1 Å². The summed E-state index contributed by atoms with van der Waals surface area (Å²) in [6, 6.07) is 2.50. The van der Waals surface area contributed by atoms with E-state index in [1.54, 1.807) is 0 Å². The van der Waals surface area contributed by atoms with E-state index in [0.717, 1.165) is 0 Å². The number of nitro benzene ring substituents is 1. The van der Waals surface area contributed by atoms with Crippen molar-refractivity contribution in [3.05, 3.63) is 37.9 Å². The van der Waals surface area contributed by atoms with Crippen molar-refractivity contribution in [3.63, 3.8) is 0 Å². The molecule has 19 heavy (non-hydrogen) atoms. The first-order chi connectivity index (χ1) is 8.97. The van der Waals surface area contributed by atoms with Gasteiger partial charge in [-0.15, -0.1) is 0 Å². The van der Waals surface area contributed by atoms with E-state index >= 15 is 0 Å². The standard InChI is InChI=1S/C11H6Cl2INO4/c12-8-2-3-9(15(17)18)11(13)7(8)6-10(16)19-5-1-4-14/h2-3H,5-6H2. The fourth-order valence-corrected chi connectivity index (χ4v) is 1.96. The highest BCUT2D eigenvalue weighted by Gasteiger charge is 2.20. The maximum atomic E-state index is 11.5. The second kappa shape index (κ2) is 7.53. The van der Waals surface area contributed by atoms with Gasteiger partial charge in [0, 0.05) is 39.2 Å². The lowest BCUT2D eigenvalue weighted by molar-refractivity contribution is -0.384. The Morgan fingerprint density at radius 1 is 1.47 bits per heavy atom. The minimum absolute atomic E-state index is 0.0497. The van der Waals surface area contributed by atoms with Gasteiger partial charge in [0.1, 0.15) is 5.02 Å². The zero-order valence-corrected chi connectivity index (χ0v) is 13.0. The number of ether oxygens (including phenoxy) is 1. The minimum Gasteiger partial charge on any atom is -0.452 e. The maximum Gasteiger partial charge on any atom is 0.311 e. The molecule has 0 fully saturated rings. The molecule has 0 aliphatic rings. The molecule has 1 aromatic carbocycles. The molecule has 5 nitrogen and oxygen atoms in total. The molecule has 8 heteroatoms. The van der Waals surface area contributed by atoms with Gasteiger partial charge in [0.05, 0.1) is 11.3 Å². The van der Waals surface area contributed by atoms with Gasteiger partial charge in [0.25, 0.3) is 5.69 Å². The average molecular weight is 414 g/mol. The third-order valence-electron chi connectivity index (χ3n) is 2.06. The normalized spacial score (nSPS) is 9.42. The monoisotopic (exact) mass is 413 g/mol. The van der Waals surface area contributed by atoms with Crippen molar-refractivity contribution in [1.29, 1.82) is 0 Å². The van der Waals surface area contributed by atoms with Gasteiger partial charge in [-0.3, -0.25) is 14.9 Å². The van der Waals surface area contributed by atoms with Crippen molar-refractivity contribution in [2.45, 2.75) is 6.42 Å². The van der Waals surface area contributed by atoms with Crippen LogP contribution in [0.4, 0.5) is 5.69 Å². The number of nitrogens with zero attached hydrogens (tertiary/aromatic N) is 1. The number of halogens is 3. The Morgan fingerprint density at radius 3 is 2.74 bits per heavy atom. The molecule has 0 radical (unpaired) electrons. The van der Waals surface area contributed by atoms with Crippen molar-refractivity contribution < 1.29 is 14.5 Å². The molecule has 0 saturated carbocycles. The first-order valence-electron chi connectivity index (χ1n) is 4.82. The number of nitro groups is 1. The van der Waals surface area contributed by atoms with Gasteiger partial charge in [-0.05, 0) is 9.99 Å². The van der Waals surface area contributed by atoms with E-state index in [0.29, 0.717) is 0 Å². The first-order valence-corrected chi connectivity index (χ1v) is 6.66. The summed E-state index contributed by atoms with van der Waals surface area (Å²) in [5, 5.41) is 10.7. The summed E-state index contributed by atoms with van der Waals surface area (Å²) in [6.07, 6.45) is -0.248. The van der Waals surface area contributed by atoms with Crippen molar-refractivity contribution in [2.75, 3.05) is 6.61 Å². The summed E-state index contributed by atoms with van der Waals surface area (Å²) in [4.78, 5) is 21.6. The summed E-state index contributed by atoms with van der Waals surface area (Å²) in [7, 11) is 0. The van der Waals surface area contributed by atoms with Crippen LogP contribution in [0.2, 0.25) is 10.0 Å². The first kappa shape index (κ1) is 16.0. The second-order valence-corrected chi connectivity index (χ2v) is 4.55. The van der Waals surface area contributed by atoms with Gasteiger partial charge in [0.2, 0.25) is 0 Å². The van der Waals surface area contributed by atoms with Crippen LogP contribution >= 0.6 is 45.8 Å². The molecule has 0 heterocycles. The minimum atomic E-state index is -0.644. The molecule has 0 aliphatic heterocycles. The summed E-state index contributed by atoms with van der Waals surface area (Å²) in [5.41, 5.74) is -0.133. The van der Waals surface area contributed by atoms with Crippen LogP contribution in [0, 0.1) is 20.0 Å². The van der Waals surface area contributed by atoms with Crippen LogP contribution in [0.3, 0.4) is 0 Å². The molecular weight excluding hydrogens is 408 g/mol. The Kier molecular flexibility index (Phi) is 6.34. The molecule has 0 unspecified atom stereocenters. The Morgan fingerprint density at radius 2 is 2.16 bits per heavy atom. The fourth-order valence-electron chi connectivity index (χ4n) is 1.23. The van der Waals surface area contributed by atoms with Gasteiger partial charge in [-0.2, -0.15) is 0 Å². The van der Waals surface area contributed by atoms with E-state index in [9.17, 15) is 14.9 Å². The highest BCUT2D eigenvalue weighted by molar-refractivity contribution is 14.1. The number of carbonyl (C=O) groups excluding carboxylic acids is 1. The molecule has 0 spiro atoms. The van der Waals surface area contributed by atoms with Crippen LogP contribution < -0.4 is 0 Å². The SMILES string of the molecule is O=C(Cc1c(Cl)ccc([N+](=O)[O-])c1Cl)OCC#CI. The number of esters is 1. The van der Waals surface area contributed by atoms with E-state index in [2.05, 4.69) is 9.85 Å². The average Bonchev–Trinajstić information content (AvgIpc) is 2.34. The molecule has 0 aliphatic carbocycles. The van der Waals surface area contributed by atoms with Gasteiger partial charge in [-0.1, -0.05) is 29.1 Å². The Labute approximate surface area is 132 Å². The van der Waals surface area contributed by atoms with Crippen molar-refractivity contribution >= 4 is 57.4 Å². The Hall–Kier alpha value is -1.04. The van der Waals surface area contributed by atoms with Crippen LogP contribution in [0.25, 0.3) is 0 Å². The summed E-state index contributed by atoms with van der Waals surface area (Å²) in [6.45, 7) is -0.0497. The molecule has 100 valence electrons. The smallest absolute Gasteiger partial charge is 0.311 e. The zero-order chi connectivity index (χ0) is 14.4. The molecule has 0 atom stereocenters. The quantitative estimate of drug-likeness (QED) is 0.249. The highest BCUT2D eigenvalue weighted by atomic mass is 127. The van der Waals surface area contributed by atoms with Crippen LogP contribution in [0.5, 0.6) is 0 Å². The highest BCUT2D eigenvalue weighted by Crippen LogP contribution is 2.33. The lowest BCUT2D eigenvalue weighted by Gasteiger charge is -2.06. The third kappa shape index (κ3) is 4.53. The van der Waals surface area contributed by atoms with E-state index in [-0.39, 0.29) is 34.3 Å². The lowest BCUT2D eigenvalue weighted by Crippen LogP contribution is -2.09. The maximum absolute atomic E-state index is 11.5. The summed E-state index contributed by atoms with van der Waals surface area (Å²) in [5.74, 6) is 1.94. The number of rotatable bonds is 4. The van der Waals surface area contributed by atoms with E-state index < -0.39 is 10.9 Å². The molecule has 0 amide bonds. The van der Waals surface area contributed by atoms with E-state index in [1.807, 2.05) is 22.6 Å². The van der Waals surface area contributed by atoms with Crippen molar-refractivity contribution in [3.8, 4) is 9.85 Å². The van der Waals surface area contributed by atoms with Crippen molar-refractivity contribution in [2.24, 2.45) is 0 Å². The zero-order valence-electron chi connectivity index (χ0n) is 9.28. The molecular formula is C11H6Cl2INO4. The Bertz CT molecular complexity index is 580. The molecule has 0 saturated heterocycles. The van der Waals surface area contributed by atoms with Gasteiger partial charge < -0.3 is 4.74 Å². The number of carbonyl (C=O) groups is 1. The molecule has 0 bridgehead atoms. The van der Waals surface area contributed by atoms with Gasteiger partial charge in [-0.25, -0.2) is 0 Å². The van der Waals surface area contributed by atoms with Gasteiger partial charge in [0.15, 0.2) is 6.61 Å². The van der Waals surface area contributed by atoms with Crippen LogP contribution in [-0.4, -0.2) is 17.5 Å². The van der Waals surface area contributed by atoms with E-state index in [4.69, 9.17) is 27.9 Å². The molecule has 0 aromatic heterocycles. The number of hydrogen-bond donors (Lipinski definition) is 0. The second-order valence-electron chi connectivity index (χ2n) is 3.22. The third-order valence-corrected chi connectivity index (χ3v) is 3.21. The Balaban J connectivity index is 2.93. The predicted molar refractivity (Wildman–Crippen MR) is 79.6 cm³/mol. The molecule has 1 aromatic rings. The largest absolute Gasteiger partial charge is 0.452 e. The summed E-state index contributed by atoms with van der Waals surface area (Å²) >= 11 is 13.5.